The Morgan fingerprint density at radius 1 is 0.568 bits per heavy atom. The molecular formula is C72H78N20O16S3. The third kappa shape index (κ3) is 20.1. The average molecular weight is 1580 g/mol. The van der Waals surface area contributed by atoms with E-state index in [4.69, 9.17) is 61.1 Å². The molecule has 7 amide bonds. The standard InChI is InChI=1S/C36H38N10O8S.C28H32N8O6S.C8H8N2O2S/c1-5-22-28(53-18(3)40-22)33(50)43-35-42-24-14-21(31(38)49)17-39-32(24)46(35)11-8-7-10-45-27-25(52-13-9-12-47)15-20(30(37)48)16-26(27)55-36(45)44-34(51)29-23(6-2)41-19(4)54-29;1-3-19-23(42-15(2)34-19)27(40)35-28-36(8-5-4-7-32-26-18(29)11-17(14-33-26)25(31)39)22-20(41-10-6-9-37)12-16(24(30)38)13-21(22)43-28;1-3-6-7(8(11)13-4-9)12-5(2)10-6/h7-8,14-17,47H,5-6,9-13H2,1-4H3,(H2,37,48)(H2,38,49)(H,42,43,50);4-5,11-14,37H,3,6-10,29H2,1-2H3,(H2,30,38)(H2,31,39)(H,32,33);3H2,1-2H3/b8-7+,44-36?;5-4+,35-28?;. The van der Waals surface area contributed by atoms with Crippen LogP contribution in [0.25, 0.3) is 31.6 Å². The van der Waals surface area contributed by atoms with Crippen LogP contribution < -0.4 is 58.4 Å². The summed E-state index contributed by atoms with van der Waals surface area (Å²) in [6, 6.07) is 9.17. The fraction of sp³-hybridized carbons (Fsp3) is 0.306. The number of thiocyanates is 1. The lowest BCUT2D eigenvalue weighted by atomic mass is 10.2. The number of anilines is 3. The topological polar surface area (TPSA) is 556 Å². The van der Waals surface area contributed by atoms with Gasteiger partial charge in [0, 0.05) is 115 Å². The number of benzene rings is 2. The van der Waals surface area contributed by atoms with E-state index in [0.29, 0.717) is 157 Å². The molecule has 9 aromatic heterocycles. The van der Waals surface area contributed by atoms with Crippen molar-refractivity contribution in [2.45, 2.75) is 114 Å². The second-order valence-electron chi connectivity index (χ2n) is 23.8. The van der Waals surface area contributed by atoms with Gasteiger partial charge in [0.2, 0.25) is 52.6 Å². The molecule has 9 heterocycles. The molecule has 0 aliphatic heterocycles. The SMILES string of the molecule is CCc1nc(C)oc1C(=O)N=c1sc2cc(C(N)=O)cc(OCCCO)c2n1C/C=C/CNc1ncc(C(N)=O)cc1N.CCc1nc(C)oc1C(=O)N=c1sc2cc(C(N)=O)cc(OCCCO)c2n1C/C=C/Cn1c(NC(=O)c2oc(C)nc2CC)nc2cc(C(N)=O)cnc21.CCc1nc(C)oc1C(=O)SC#N. The van der Waals surface area contributed by atoms with E-state index < -0.39 is 41.4 Å². The highest BCUT2D eigenvalue weighted by atomic mass is 32.2. The van der Waals surface area contributed by atoms with Gasteiger partial charge in [-0.2, -0.15) is 15.2 Å². The van der Waals surface area contributed by atoms with Crippen LogP contribution in [0.3, 0.4) is 0 Å². The first-order chi connectivity index (χ1) is 53.2. The summed E-state index contributed by atoms with van der Waals surface area (Å²) in [4.78, 5) is 138. The first-order valence-electron chi connectivity index (χ1n) is 34.3. The summed E-state index contributed by atoms with van der Waals surface area (Å²) in [5, 5.41) is 34.1. The normalized spacial score (nSPS) is 11.6. The highest BCUT2D eigenvalue weighted by Gasteiger charge is 2.26. The highest BCUT2D eigenvalue weighted by Crippen LogP contribution is 2.33. The minimum atomic E-state index is -0.689. The molecule has 0 unspecified atom stereocenters. The number of carbonyl (C=O) groups excluding carboxylic acids is 8. The minimum Gasteiger partial charge on any atom is -0.491 e. The number of pyridine rings is 2. The Labute approximate surface area is 643 Å². The predicted octanol–water partition coefficient (Wildman–Crippen LogP) is 7.18. The van der Waals surface area contributed by atoms with Gasteiger partial charge in [-0.05, 0) is 62.1 Å². The second-order valence-corrected chi connectivity index (χ2v) is 26.5. The zero-order valence-electron chi connectivity index (χ0n) is 61.4. The van der Waals surface area contributed by atoms with Crippen molar-refractivity contribution < 1.29 is 75.7 Å². The van der Waals surface area contributed by atoms with E-state index >= 15 is 0 Å². The van der Waals surface area contributed by atoms with E-state index in [1.54, 1.807) is 71.1 Å². The van der Waals surface area contributed by atoms with Gasteiger partial charge in [0.25, 0.3) is 11.0 Å². The summed E-state index contributed by atoms with van der Waals surface area (Å²) >= 11 is 2.88. The molecule has 0 atom stereocenters. The molecule has 0 aliphatic carbocycles. The van der Waals surface area contributed by atoms with Crippen molar-refractivity contribution in [3.63, 3.8) is 0 Å². The van der Waals surface area contributed by atoms with Gasteiger partial charge in [-0.25, -0.2) is 34.9 Å². The van der Waals surface area contributed by atoms with E-state index in [2.05, 4.69) is 55.5 Å². The number of thiazole rings is 2. The first kappa shape index (κ1) is 82.3. The van der Waals surface area contributed by atoms with Crippen molar-refractivity contribution in [2.75, 3.05) is 49.3 Å². The molecular weight excluding hydrogens is 1500 g/mol. The molecule has 0 fully saturated rings. The van der Waals surface area contributed by atoms with Crippen molar-refractivity contribution in [3.8, 4) is 16.9 Å². The summed E-state index contributed by atoms with van der Waals surface area (Å²) in [5.41, 5.74) is 32.8. The van der Waals surface area contributed by atoms with Crippen molar-refractivity contribution in [2.24, 2.45) is 32.9 Å². The van der Waals surface area contributed by atoms with Crippen LogP contribution in [0.4, 0.5) is 17.5 Å². The zero-order chi connectivity index (χ0) is 80.3. The van der Waals surface area contributed by atoms with Crippen LogP contribution in [-0.4, -0.2) is 138 Å². The van der Waals surface area contributed by atoms with Crippen molar-refractivity contribution in [1.29, 1.82) is 5.26 Å². The summed E-state index contributed by atoms with van der Waals surface area (Å²) in [7, 11) is 0. The third-order valence-corrected chi connectivity index (χ3v) is 18.4. The summed E-state index contributed by atoms with van der Waals surface area (Å²) < 4.78 is 40.1. The summed E-state index contributed by atoms with van der Waals surface area (Å²) in [5.74, 6) is -1.44. The van der Waals surface area contributed by atoms with Crippen LogP contribution in [-0.2, 0) is 45.3 Å². The number of imidazole rings is 1. The number of allylic oxidation sites excluding steroid dienone is 3. The molecule has 0 bridgehead atoms. The number of hydrogen-bond donors (Lipinski definition) is 9. The number of nitrogens with one attached hydrogen (secondary N) is 2. The molecule has 111 heavy (non-hydrogen) atoms. The van der Waals surface area contributed by atoms with Gasteiger partial charge >= 0.3 is 11.8 Å². The number of aryl methyl sites for hydroxylation is 8. The summed E-state index contributed by atoms with van der Waals surface area (Å²) in [6.45, 7) is 15.1. The Hall–Kier alpha value is -12.8. The number of hydrogen-bond acceptors (Lipinski definition) is 29. The van der Waals surface area contributed by atoms with E-state index in [9.17, 15) is 48.6 Å². The van der Waals surface area contributed by atoms with E-state index in [0.717, 1.165) is 11.3 Å². The predicted molar refractivity (Wildman–Crippen MR) is 409 cm³/mol. The largest absolute Gasteiger partial charge is 0.491 e. The highest BCUT2D eigenvalue weighted by molar-refractivity contribution is 8.18. The van der Waals surface area contributed by atoms with Crippen molar-refractivity contribution >= 4 is 130 Å². The number of carbonyl (C=O) groups is 8. The molecule has 0 spiro atoms. The lowest BCUT2D eigenvalue weighted by Gasteiger charge is -2.11. The number of thioether (sulfide) groups is 1. The first-order valence-corrected chi connectivity index (χ1v) is 36.8. The molecule has 11 aromatic rings. The maximum atomic E-state index is 13.5. The van der Waals surface area contributed by atoms with Gasteiger partial charge in [-0.3, -0.25) is 48.2 Å². The fourth-order valence-corrected chi connectivity index (χ4v) is 13.4. The van der Waals surface area contributed by atoms with E-state index in [1.807, 2.05) is 39.8 Å². The van der Waals surface area contributed by atoms with Crippen LogP contribution in [0, 0.1) is 38.4 Å². The van der Waals surface area contributed by atoms with Crippen LogP contribution >= 0.6 is 34.4 Å². The van der Waals surface area contributed by atoms with Crippen LogP contribution in [0.2, 0.25) is 0 Å². The number of aromatic nitrogens is 10. The third-order valence-electron chi connectivity index (χ3n) is 15.9. The molecule has 0 radical (unpaired) electrons. The van der Waals surface area contributed by atoms with Gasteiger partial charge in [0.15, 0.2) is 38.8 Å². The molecule has 580 valence electrons. The number of fused-ring (bicyclic) bond motifs is 3. The Bertz CT molecular complexity index is 5620. The molecule has 36 nitrogen and oxygen atoms in total. The van der Waals surface area contributed by atoms with Gasteiger partial charge in [-0.15, -0.1) is 0 Å². The maximum absolute atomic E-state index is 13.5. The molecule has 39 heteroatoms. The number of amides is 7. The number of nitrogens with zero attached hydrogens (tertiary/aromatic N) is 13. The molecule has 11 rings (SSSR count). The zero-order valence-corrected chi connectivity index (χ0v) is 63.8. The Morgan fingerprint density at radius 2 is 0.991 bits per heavy atom. The number of nitrogens with two attached hydrogens (primary N) is 5. The van der Waals surface area contributed by atoms with Crippen LogP contribution in [0.5, 0.6) is 11.5 Å². The smallest absolute Gasteiger partial charge is 0.317 e. The maximum Gasteiger partial charge on any atom is 0.317 e. The average Bonchev–Trinajstić information content (AvgIpc) is 1.63. The molecule has 0 saturated heterocycles. The molecule has 0 saturated carbocycles. The van der Waals surface area contributed by atoms with Crippen molar-refractivity contribution in [3.05, 3.63) is 174 Å². The van der Waals surface area contributed by atoms with Gasteiger partial charge in [0.05, 0.1) is 62.2 Å². The lowest BCUT2D eigenvalue weighted by molar-refractivity contribution is 0.0961. The molecule has 14 N–H and O–H groups in total. The Balaban J connectivity index is 0.000000224. The second kappa shape index (κ2) is 37.9. The van der Waals surface area contributed by atoms with Gasteiger partial charge < -0.3 is 80.5 Å². The van der Waals surface area contributed by atoms with Crippen LogP contribution in [0.1, 0.15) is 171 Å². The number of rotatable bonds is 30. The van der Waals surface area contributed by atoms with Gasteiger partial charge in [-0.1, -0.05) is 74.7 Å². The lowest BCUT2D eigenvalue weighted by Crippen LogP contribution is -2.18. The van der Waals surface area contributed by atoms with Gasteiger partial charge in [0.1, 0.15) is 39.3 Å². The quantitative estimate of drug-likeness (QED) is 0.0122. The monoisotopic (exact) mass is 1570 g/mol. The number of primary amides is 4. The molecule has 2 aromatic carbocycles. The number of nitriles is 1. The number of nitrogen functional groups attached to an aromatic ring is 1. The van der Waals surface area contributed by atoms with Crippen LogP contribution in [0.15, 0.2) is 101 Å². The van der Waals surface area contributed by atoms with E-state index in [1.165, 1.54) is 48.0 Å². The Morgan fingerprint density at radius 3 is 1.44 bits per heavy atom. The number of aliphatic hydroxyl groups is 2. The minimum absolute atomic E-state index is 0.0249. The number of aliphatic hydroxyl groups excluding tert-OH is 2. The Kier molecular flexibility index (Phi) is 28.1. The summed E-state index contributed by atoms with van der Waals surface area (Å²) in [6.07, 6.45) is 12.7. The number of oxazole rings is 4. The van der Waals surface area contributed by atoms with E-state index in [-0.39, 0.29) is 113 Å². The van der Waals surface area contributed by atoms with Crippen molar-refractivity contribution in [1.82, 2.24) is 48.6 Å². The fourth-order valence-electron chi connectivity index (χ4n) is 10.8. The number of ether oxygens (including phenoxy) is 2. The molecule has 0 aliphatic rings.